The number of benzene rings is 2. The Kier molecular flexibility index (Phi) is 5.60. The van der Waals surface area contributed by atoms with Gasteiger partial charge < -0.3 is 9.47 Å². The summed E-state index contributed by atoms with van der Waals surface area (Å²) < 4.78 is 37.0. The summed E-state index contributed by atoms with van der Waals surface area (Å²) in [6, 6.07) is 6.99. The van der Waals surface area contributed by atoms with Crippen molar-refractivity contribution in [1.82, 2.24) is 0 Å². The number of nitrogens with zero attached hydrogens (tertiary/aromatic N) is 1. The molecule has 0 N–H and O–H groups in total. The van der Waals surface area contributed by atoms with Gasteiger partial charge in [-0.1, -0.05) is 23.2 Å². The minimum Gasteiger partial charge on any atom is -0.487 e. The molecular weight excluding hydrogens is 363 g/mol. The van der Waals surface area contributed by atoms with Gasteiger partial charge in [-0.05, 0) is 23.8 Å². The van der Waals surface area contributed by atoms with E-state index in [1.807, 2.05) is 6.07 Å². The zero-order chi connectivity index (χ0) is 17.9. The minimum absolute atomic E-state index is 0.148. The average molecular weight is 372 g/mol. The average Bonchev–Trinajstić information content (AvgIpc) is 2.60. The first kappa shape index (κ1) is 18.0. The van der Waals surface area contributed by atoms with Crippen molar-refractivity contribution in [3.05, 3.63) is 62.6 Å². The molecule has 0 fully saturated rings. The van der Waals surface area contributed by atoms with Crippen LogP contribution >= 0.6 is 23.2 Å². The third-order valence-corrected chi connectivity index (χ3v) is 3.71. The van der Waals surface area contributed by atoms with E-state index in [1.54, 1.807) is 0 Å². The first-order valence-electron chi connectivity index (χ1n) is 6.45. The fourth-order valence-electron chi connectivity index (χ4n) is 1.89. The quantitative estimate of drug-likeness (QED) is 0.450. The summed E-state index contributed by atoms with van der Waals surface area (Å²) in [5, 5.41) is 7.80. The predicted molar refractivity (Wildman–Crippen MR) is 83.2 cm³/mol. The Morgan fingerprint density at radius 2 is 1.92 bits per heavy atom. The highest BCUT2D eigenvalue weighted by Gasteiger charge is 2.17. The molecule has 24 heavy (non-hydrogen) atoms. The molecule has 2 rings (SSSR count). The predicted octanol–water partition coefficient (Wildman–Crippen LogP) is 4.51. The Balaban J connectivity index is 2.30. The molecule has 0 saturated heterocycles. The van der Waals surface area contributed by atoms with E-state index < -0.39 is 27.6 Å². The first-order valence-corrected chi connectivity index (χ1v) is 7.21. The van der Waals surface area contributed by atoms with E-state index in [-0.39, 0.29) is 23.5 Å². The van der Waals surface area contributed by atoms with Crippen molar-refractivity contribution in [3.63, 3.8) is 0 Å². The number of esters is 1. The molecule has 0 atom stereocenters. The molecule has 0 heterocycles. The third kappa shape index (κ3) is 3.75. The van der Waals surface area contributed by atoms with Crippen molar-refractivity contribution >= 4 is 29.2 Å². The Morgan fingerprint density at radius 3 is 2.54 bits per heavy atom. The molecule has 0 aliphatic heterocycles. The maximum atomic E-state index is 13.6. The van der Waals surface area contributed by atoms with E-state index in [1.165, 1.54) is 25.3 Å². The van der Waals surface area contributed by atoms with Gasteiger partial charge in [0.2, 0.25) is 0 Å². The highest BCUT2D eigenvalue weighted by molar-refractivity contribution is 6.35. The van der Waals surface area contributed by atoms with Crippen LogP contribution in [0.25, 0.3) is 0 Å². The summed E-state index contributed by atoms with van der Waals surface area (Å²) in [6.07, 6.45) is 0. The van der Waals surface area contributed by atoms with Gasteiger partial charge in [-0.3, -0.25) is 0 Å². The number of carbonyl (C=O) groups is 1. The topological polar surface area (TPSA) is 59.3 Å². The van der Waals surface area contributed by atoms with Crippen LogP contribution in [0.2, 0.25) is 10.0 Å². The molecule has 4 nitrogen and oxygen atoms in total. The zero-order valence-corrected chi connectivity index (χ0v) is 13.7. The Bertz CT molecular complexity index is 850. The molecule has 0 spiro atoms. The highest BCUT2D eigenvalue weighted by Crippen LogP contribution is 2.34. The maximum absolute atomic E-state index is 13.6. The van der Waals surface area contributed by atoms with E-state index >= 15 is 0 Å². The lowest BCUT2D eigenvalue weighted by atomic mass is 10.1. The number of rotatable bonds is 4. The lowest BCUT2D eigenvalue weighted by Gasteiger charge is -2.11. The van der Waals surface area contributed by atoms with Gasteiger partial charge in [0.05, 0.1) is 24.3 Å². The smallest absolute Gasteiger partial charge is 0.337 e. The fourth-order valence-corrected chi connectivity index (χ4v) is 2.29. The maximum Gasteiger partial charge on any atom is 0.337 e. The van der Waals surface area contributed by atoms with Crippen LogP contribution in [-0.2, 0) is 11.3 Å². The highest BCUT2D eigenvalue weighted by atomic mass is 35.5. The molecular formula is C16H9Cl2F2NO3. The number of methoxy groups -OCH3 is 1. The number of hydrogen-bond acceptors (Lipinski definition) is 4. The van der Waals surface area contributed by atoms with Crippen LogP contribution < -0.4 is 4.74 Å². The second kappa shape index (κ2) is 7.47. The third-order valence-electron chi connectivity index (χ3n) is 3.01. The molecule has 2 aromatic rings. The van der Waals surface area contributed by atoms with Crippen molar-refractivity contribution in [2.75, 3.05) is 7.11 Å². The van der Waals surface area contributed by atoms with E-state index in [0.29, 0.717) is 5.56 Å². The van der Waals surface area contributed by atoms with E-state index in [2.05, 4.69) is 4.74 Å². The van der Waals surface area contributed by atoms with Crippen molar-refractivity contribution < 1.29 is 23.0 Å². The summed E-state index contributed by atoms with van der Waals surface area (Å²) >= 11 is 11.1. The lowest BCUT2D eigenvalue weighted by Crippen LogP contribution is -2.05. The van der Waals surface area contributed by atoms with Gasteiger partial charge in [0.1, 0.15) is 28.2 Å². The van der Waals surface area contributed by atoms with Gasteiger partial charge in [0.25, 0.3) is 0 Å². The second-order valence-electron chi connectivity index (χ2n) is 4.61. The molecule has 0 aliphatic rings. The number of carbonyl (C=O) groups excluding carboxylic acids is 1. The van der Waals surface area contributed by atoms with Crippen molar-refractivity contribution in [1.29, 1.82) is 5.26 Å². The first-order chi connectivity index (χ1) is 11.4. The van der Waals surface area contributed by atoms with Gasteiger partial charge in [0.15, 0.2) is 5.82 Å². The van der Waals surface area contributed by atoms with Crippen molar-refractivity contribution in [2.24, 2.45) is 0 Å². The standard InChI is InChI=1S/C16H9Cl2F2NO3/c1-23-16(22)10-3-8(6-21)2-9(4-10)7-24-12-5-11(19)13(17)15(20)14(12)18/h2-5H,7H2,1H3. The summed E-state index contributed by atoms with van der Waals surface area (Å²) in [5.74, 6) is -3.03. The number of halogens is 4. The lowest BCUT2D eigenvalue weighted by molar-refractivity contribution is 0.0600. The largest absolute Gasteiger partial charge is 0.487 e. The van der Waals surface area contributed by atoms with E-state index in [4.69, 9.17) is 33.2 Å². The molecule has 8 heteroatoms. The van der Waals surface area contributed by atoms with E-state index in [0.717, 1.165) is 6.07 Å². The van der Waals surface area contributed by atoms with Crippen LogP contribution in [0.4, 0.5) is 8.78 Å². The minimum atomic E-state index is -1.13. The monoisotopic (exact) mass is 371 g/mol. The van der Waals surface area contributed by atoms with Gasteiger partial charge >= 0.3 is 5.97 Å². The van der Waals surface area contributed by atoms with E-state index in [9.17, 15) is 13.6 Å². The second-order valence-corrected chi connectivity index (χ2v) is 5.37. The van der Waals surface area contributed by atoms with Crippen LogP contribution in [0.15, 0.2) is 24.3 Å². The number of nitriles is 1. The molecule has 124 valence electrons. The van der Waals surface area contributed by atoms with Crippen LogP contribution in [0.1, 0.15) is 21.5 Å². The molecule has 0 radical (unpaired) electrons. The summed E-state index contributed by atoms with van der Waals surface area (Å²) in [4.78, 5) is 11.6. The molecule has 0 unspecified atom stereocenters. The zero-order valence-electron chi connectivity index (χ0n) is 12.2. The van der Waals surface area contributed by atoms with Gasteiger partial charge in [0, 0.05) is 6.07 Å². The molecule has 0 amide bonds. The molecule has 2 aromatic carbocycles. The van der Waals surface area contributed by atoms with Gasteiger partial charge in [-0.2, -0.15) is 5.26 Å². The SMILES string of the molecule is COC(=O)c1cc(C#N)cc(COc2cc(F)c(Cl)c(F)c2Cl)c1. The summed E-state index contributed by atoms with van der Waals surface area (Å²) in [7, 11) is 1.20. The van der Waals surface area contributed by atoms with Crippen LogP contribution in [0.3, 0.4) is 0 Å². The van der Waals surface area contributed by atoms with Crippen LogP contribution in [0, 0.1) is 23.0 Å². The van der Waals surface area contributed by atoms with Gasteiger partial charge in [-0.25, -0.2) is 13.6 Å². The fraction of sp³-hybridized carbons (Fsp3) is 0.125. The Hall–Kier alpha value is -2.36. The normalized spacial score (nSPS) is 10.2. The van der Waals surface area contributed by atoms with Crippen molar-refractivity contribution in [2.45, 2.75) is 6.61 Å². The Labute approximate surface area is 146 Å². The van der Waals surface area contributed by atoms with Crippen LogP contribution in [-0.4, -0.2) is 13.1 Å². The number of ether oxygens (including phenoxy) is 2. The van der Waals surface area contributed by atoms with Crippen LogP contribution in [0.5, 0.6) is 5.75 Å². The molecule has 0 aromatic heterocycles. The molecule has 0 aliphatic carbocycles. The summed E-state index contributed by atoms with van der Waals surface area (Å²) in [5.41, 5.74) is 0.770. The van der Waals surface area contributed by atoms with Crippen molar-refractivity contribution in [3.8, 4) is 11.8 Å². The molecule has 0 saturated carbocycles. The summed E-state index contributed by atoms with van der Waals surface area (Å²) in [6.45, 7) is -0.181. The van der Waals surface area contributed by atoms with Gasteiger partial charge in [-0.15, -0.1) is 0 Å². The Morgan fingerprint density at radius 1 is 1.21 bits per heavy atom. The molecule has 0 bridgehead atoms. The number of hydrogen-bond donors (Lipinski definition) is 0.